The molecule has 5 nitrogen and oxygen atoms in total. The normalized spacial score (nSPS) is 15.2. The van der Waals surface area contributed by atoms with Crippen molar-refractivity contribution in [1.82, 2.24) is 15.2 Å². The molecule has 0 unspecified atom stereocenters. The second-order valence-corrected chi connectivity index (χ2v) is 6.70. The summed E-state index contributed by atoms with van der Waals surface area (Å²) < 4.78 is 0. The minimum absolute atomic E-state index is 0.722. The zero-order valence-electron chi connectivity index (χ0n) is 15.7. The third-order valence-corrected chi connectivity index (χ3v) is 5.07. The smallest absolute Gasteiger partial charge is 0.194 e. The zero-order valence-corrected chi connectivity index (χ0v) is 15.7. The van der Waals surface area contributed by atoms with Crippen molar-refractivity contribution >= 4 is 22.5 Å². The van der Waals surface area contributed by atoms with Gasteiger partial charge in [0.15, 0.2) is 5.96 Å². The van der Waals surface area contributed by atoms with Crippen LogP contribution in [0.1, 0.15) is 5.56 Å². The lowest BCUT2D eigenvalue weighted by Crippen LogP contribution is -2.52. The fourth-order valence-corrected chi connectivity index (χ4v) is 3.63. The molecule has 0 saturated carbocycles. The Hall–Kier alpha value is -3.08. The maximum absolute atomic E-state index is 4.54. The van der Waals surface area contributed by atoms with Gasteiger partial charge in [-0.15, -0.1) is 0 Å². The summed E-state index contributed by atoms with van der Waals surface area (Å²) in [6.07, 6.45) is 1.85. The summed E-state index contributed by atoms with van der Waals surface area (Å²) >= 11 is 0. The van der Waals surface area contributed by atoms with Gasteiger partial charge in [0.2, 0.25) is 0 Å². The Kier molecular flexibility index (Phi) is 5.19. The van der Waals surface area contributed by atoms with Gasteiger partial charge in [0, 0.05) is 57.0 Å². The first-order valence-electron chi connectivity index (χ1n) is 9.43. The molecule has 1 N–H and O–H groups in total. The highest BCUT2D eigenvalue weighted by Gasteiger charge is 2.19. The molecule has 0 atom stereocenters. The number of para-hydroxylation sites is 2. The van der Waals surface area contributed by atoms with Gasteiger partial charge in [-0.3, -0.25) is 9.98 Å². The van der Waals surface area contributed by atoms with E-state index in [1.54, 1.807) is 0 Å². The largest absolute Gasteiger partial charge is 0.368 e. The number of hydrogen-bond donors (Lipinski definition) is 1. The molecule has 0 bridgehead atoms. The third-order valence-electron chi connectivity index (χ3n) is 5.07. The molecule has 4 rings (SSSR count). The SMILES string of the molecule is CN=C(NCc1cccc2cccnc12)N1CCN(c2ccccc2)CC1. The van der Waals surface area contributed by atoms with Gasteiger partial charge in [0.1, 0.15) is 0 Å². The highest BCUT2D eigenvalue weighted by Crippen LogP contribution is 2.17. The van der Waals surface area contributed by atoms with Crippen LogP contribution in [0.2, 0.25) is 0 Å². The molecule has 5 heteroatoms. The van der Waals surface area contributed by atoms with E-state index in [-0.39, 0.29) is 0 Å². The first kappa shape index (κ1) is 17.3. The van der Waals surface area contributed by atoms with Gasteiger partial charge >= 0.3 is 0 Å². The number of nitrogens with one attached hydrogen (secondary N) is 1. The summed E-state index contributed by atoms with van der Waals surface area (Å²) in [6, 6.07) is 21.0. The highest BCUT2D eigenvalue weighted by molar-refractivity contribution is 5.83. The van der Waals surface area contributed by atoms with Gasteiger partial charge in [-0.25, -0.2) is 0 Å². The predicted octanol–water partition coefficient (Wildman–Crippen LogP) is 3.13. The van der Waals surface area contributed by atoms with Crippen LogP contribution < -0.4 is 10.2 Å². The summed E-state index contributed by atoms with van der Waals surface area (Å²) in [7, 11) is 1.85. The van der Waals surface area contributed by atoms with E-state index in [1.807, 2.05) is 19.3 Å². The van der Waals surface area contributed by atoms with E-state index in [9.17, 15) is 0 Å². The van der Waals surface area contributed by atoms with E-state index in [0.717, 1.165) is 44.2 Å². The molecule has 1 aromatic heterocycles. The van der Waals surface area contributed by atoms with Gasteiger partial charge in [0.25, 0.3) is 0 Å². The molecule has 27 heavy (non-hydrogen) atoms. The maximum atomic E-state index is 4.54. The number of nitrogens with zero attached hydrogens (tertiary/aromatic N) is 4. The Bertz CT molecular complexity index is 909. The molecule has 3 aromatic rings. The third kappa shape index (κ3) is 3.87. The standard InChI is InChI=1S/C22H25N5/c1-23-22(25-17-19-8-5-7-18-9-6-12-24-21(18)19)27-15-13-26(14-16-27)20-10-3-2-4-11-20/h2-12H,13-17H2,1H3,(H,23,25). The number of hydrogen-bond acceptors (Lipinski definition) is 3. The average molecular weight is 359 g/mol. The molecule has 0 radical (unpaired) electrons. The molecule has 1 aliphatic rings. The van der Waals surface area contributed by atoms with Gasteiger partial charge in [-0.1, -0.05) is 42.5 Å². The number of rotatable bonds is 3. The number of guanidine groups is 1. The summed E-state index contributed by atoms with van der Waals surface area (Å²) in [5.41, 5.74) is 3.54. The molecular formula is C22H25N5. The van der Waals surface area contributed by atoms with Crippen molar-refractivity contribution in [2.24, 2.45) is 4.99 Å². The summed E-state index contributed by atoms with van der Waals surface area (Å²) in [4.78, 5) is 13.8. The molecule has 2 aromatic carbocycles. The van der Waals surface area contributed by atoms with E-state index in [4.69, 9.17) is 0 Å². The maximum Gasteiger partial charge on any atom is 0.194 e. The van der Waals surface area contributed by atoms with E-state index in [2.05, 4.69) is 79.7 Å². The van der Waals surface area contributed by atoms with Crippen LogP contribution >= 0.6 is 0 Å². The topological polar surface area (TPSA) is 43.8 Å². The molecule has 0 aliphatic carbocycles. The average Bonchev–Trinajstić information content (AvgIpc) is 2.75. The fraction of sp³-hybridized carbons (Fsp3) is 0.273. The van der Waals surface area contributed by atoms with Crippen molar-refractivity contribution in [3.8, 4) is 0 Å². The molecule has 1 fully saturated rings. The van der Waals surface area contributed by atoms with Crippen LogP contribution in [0.15, 0.2) is 71.9 Å². The number of anilines is 1. The quantitative estimate of drug-likeness (QED) is 0.576. The van der Waals surface area contributed by atoms with Crippen LogP contribution in [0.25, 0.3) is 10.9 Å². The number of pyridine rings is 1. The predicted molar refractivity (Wildman–Crippen MR) is 112 cm³/mol. The van der Waals surface area contributed by atoms with Crippen molar-refractivity contribution in [3.05, 3.63) is 72.4 Å². The molecule has 1 aliphatic heterocycles. The molecule has 138 valence electrons. The number of aliphatic imine (C=N–C) groups is 1. The van der Waals surface area contributed by atoms with E-state index >= 15 is 0 Å². The lowest BCUT2D eigenvalue weighted by atomic mass is 10.1. The molecular weight excluding hydrogens is 334 g/mol. The van der Waals surface area contributed by atoms with Crippen molar-refractivity contribution < 1.29 is 0 Å². The Morgan fingerprint density at radius 2 is 1.74 bits per heavy atom. The van der Waals surface area contributed by atoms with Crippen LogP contribution in [0.4, 0.5) is 5.69 Å². The fourth-order valence-electron chi connectivity index (χ4n) is 3.63. The number of benzene rings is 2. The first-order chi connectivity index (χ1) is 13.3. The van der Waals surface area contributed by atoms with E-state index < -0.39 is 0 Å². The summed E-state index contributed by atoms with van der Waals surface area (Å²) in [5.74, 6) is 0.954. The Morgan fingerprint density at radius 1 is 0.963 bits per heavy atom. The first-order valence-corrected chi connectivity index (χ1v) is 9.43. The minimum atomic E-state index is 0.722. The van der Waals surface area contributed by atoms with Gasteiger partial charge in [-0.05, 0) is 23.8 Å². The van der Waals surface area contributed by atoms with Crippen LogP contribution in [0, 0.1) is 0 Å². The Morgan fingerprint density at radius 3 is 2.52 bits per heavy atom. The van der Waals surface area contributed by atoms with Crippen LogP contribution in [0.5, 0.6) is 0 Å². The summed E-state index contributed by atoms with van der Waals surface area (Å²) in [5, 5.41) is 4.69. The van der Waals surface area contributed by atoms with Crippen molar-refractivity contribution in [3.63, 3.8) is 0 Å². The van der Waals surface area contributed by atoms with Gasteiger partial charge in [0.05, 0.1) is 5.52 Å². The van der Waals surface area contributed by atoms with E-state index in [1.165, 1.54) is 16.6 Å². The number of piperazine rings is 1. The van der Waals surface area contributed by atoms with Crippen LogP contribution in [-0.2, 0) is 6.54 Å². The molecule has 0 spiro atoms. The number of aromatic nitrogens is 1. The molecule has 0 amide bonds. The van der Waals surface area contributed by atoms with Crippen molar-refractivity contribution in [2.45, 2.75) is 6.54 Å². The second-order valence-electron chi connectivity index (χ2n) is 6.70. The van der Waals surface area contributed by atoms with Crippen molar-refractivity contribution in [2.75, 3.05) is 38.1 Å². The zero-order chi connectivity index (χ0) is 18.5. The Labute approximate surface area is 160 Å². The van der Waals surface area contributed by atoms with Crippen LogP contribution in [0.3, 0.4) is 0 Å². The van der Waals surface area contributed by atoms with Gasteiger partial charge < -0.3 is 15.1 Å². The molecule has 1 saturated heterocycles. The second kappa shape index (κ2) is 8.08. The van der Waals surface area contributed by atoms with Crippen LogP contribution in [-0.4, -0.2) is 49.1 Å². The van der Waals surface area contributed by atoms with Gasteiger partial charge in [-0.2, -0.15) is 0 Å². The van der Waals surface area contributed by atoms with Crippen molar-refractivity contribution in [1.29, 1.82) is 0 Å². The highest BCUT2D eigenvalue weighted by atomic mass is 15.3. The summed E-state index contributed by atoms with van der Waals surface area (Å²) in [6.45, 7) is 4.64. The minimum Gasteiger partial charge on any atom is -0.368 e. The Balaban J connectivity index is 1.39. The molecule has 2 heterocycles. The lowest BCUT2D eigenvalue weighted by Gasteiger charge is -2.37. The number of fused-ring (bicyclic) bond motifs is 1. The lowest BCUT2D eigenvalue weighted by molar-refractivity contribution is 0.372. The van der Waals surface area contributed by atoms with E-state index in [0.29, 0.717) is 0 Å². The monoisotopic (exact) mass is 359 g/mol.